The lowest BCUT2D eigenvalue weighted by Crippen LogP contribution is -2.14. The molecule has 0 spiro atoms. The predicted molar refractivity (Wildman–Crippen MR) is 95.4 cm³/mol. The lowest BCUT2D eigenvalue weighted by molar-refractivity contribution is -0.110. The van der Waals surface area contributed by atoms with E-state index < -0.39 is 0 Å². The molecule has 2 aliphatic heterocycles. The number of halogens is 1. The third-order valence-electron chi connectivity index (χ3n) is 3.84. The van der Waals surface area contributed by atoms with Crippen molar-refractivity contribution in [2.45, 2.75) is 12.5 Å². The number of amidine groups is 1. The van der Waals surface area contributed by atoms with Gasteiger partial charge in [0.1, 0.15) is 6.04 Å². The molecule has 1 atom stereocenters. The van der Waals surface area contributed by atoms with Crippen LogP contribution < -0.4 is 5.32 Å². The molecule has 0 saturated carbocycles. The van der Waals surface area contributed by atoms with Crippen molar-refractivity contribution >= 4 is 39.1 Å². The molecule has 2 aliphatic rings. The fourth-order valence-electron chi connectivity index (χ4n) is 2.64. The zero-order valence-corrected chi connectivity index (χ0v) is 14.1. The van der Waals surface area contributed by atoms with Crippen LogP contribution in [0.1, 0.15) is 23.6 Å². The van der Waals surface area contributed by atoms with E-state index in [-0.39, 0.29) is 17.7 Å². The Morgan fingerprint density at radius 3 is 2.79 bits per heavy atom. The average Bonchev–Trinajstić information content (AvgIpc) is 3.18. The van der Waals surface area contributed by atoms with Gasteiger partial charge in [-0.1, -0.05) is 46.3 Å². The molecule has 0 aliphatic carbocycles. The second-order valence-corrected chi connectivity index (χ2v) is 6.37. The van der Waals surface area contributed by atoms with E-state index >= 15 is 0 Å². The first-order valence-electron chi connectivity index (χ1n) is 7.42. The molecule has 1 N–H and O–H groups in total. The van der Waals surface area contributed by atoms with Crippen molar-refractivity contribution in [2.75, 3.05) is 5.32 Å². The largest absolute Gasteiger partial charge is 0.320 e. The Labute approximate surface area is 146 Å². The lowest BCUT2D eigenvalue weighted by atomic mass is 10.1. The number of amides is 1. The Morgan fingerprint density at radius 2 is 1.96 bits per heavy atom. The van der Waals surface area contributed by atoms with Crippen molar-refractivity contribution < 1.29 is 4.79 Å². The van der Waals surface area contributed by atoms with Gasteiger partial charge in [-0.15, -0.1) is 15.3 Å². The standard InChI is InChI=1S/C17H12BrN5O/c18-11-6-7-13-12(8-11)16(17(24)19-13)23-22-15-9-14(20-21-15)10-4-2-1-3-5-10/h1-8,14H,9H2,(H,19,23,24)/b22-15+/t14-/m1/s1. The molecule has 0 unspecified atom stereocenters. The highest BCUT2D eigenvalue weighted by Crippen LogP contribution is 2.29. The van der Waals surface area contributed by atoms with Crippen LogP contribution in [0.3, 0.4) is 0 Å². The number of nitrogens with one attached hydrogen (secondary N) is 1. The Bertz CT molecular complexity index is 904. The van der Waals surface area contributed by atoms with Gasteiger partial charge in [0.05, 0.1) is 5.69 Å². The molecule has 4 rings (SSSR count). The molecular weight excluding hydrogens is 370 g/mol. The van der Waals surface area contributed by atoms with Crippen LogP contribution in [0.2, 0.25) is 0 Å². The first-order valence-corrected chi connectivity index (χ1v) is 8.21. The van der Waals surface area contributed by atoms with Crippen LogP contribution in [0.5, 0.6) is 0 Å². The molecule has 0 saturated heterocycles. The number of hydrogen-bond donors (Lipinski definition) is 1. The number of rotatable bonds is 2. The van der Waals surface area contributed by atoms with Crippen LogP contribution in [-0.2, 0) is 4.79 Å². The summed E-state index contributed by atoms with van der Waals surface area (Å²) in [4.78, 5) is 12.1. The monoisotopic (exact) mass is 381 g/mol. The second kappa shape index (κ2) is 6.09. The first kappa shape index (κ1) is 14.9. The SMILES string of the molecule is O=C1Nc2ccc(Br)cc2/C1=N\N=C1/C[C@H](c2ccccc2)N=N1. The summed E-state index contributed by atoms with van der Waals surface area (Å²) in [5.74, 6) is 0.259. The summed E-state index contributed by atoms with van der Waals surface area (Å²) in [7, 11) is 0. The highest BCUT2D eigenvalue weighted by atomic mass is 79.9. The van der Waals surface area contributed by atoms with Gasteiger partial charge in [-0.25, -0.2) is 0 Å². The zero-order chi connectivity index (χ0) is 16.5. The zero-order valence-electron chi connectivity index (χ0n) is 12.5. The van der Waals surface area contributed by atoms with Gasteiger partial charge in [0.2, 0.25) is 0 Å². The minimum atomic E-state index is -0.262. The molecule has 0 aromatic heterocycles. The number of anilines is 1. The van der Waals surface area contributed by atoms with E-state index in [2.05, 4.69) is 41.7 Å². The van der Waals surface area contributed by atoms with Crippen LogP contribution in [0, 0.1) is 0 Å². The van der Waals surface area contributed by atoms with Gasteiger partial charge in [-0.05, 0) is 23.8 Å². The van der Waals surface area contributed by atoms with Gasteiger partial charge in [0, 0.05) is 16.5 Å². The molecule has 1 amide bonds. The fraction of sp³-hybridized carbons (Fsp3) is 0.118. The molecule has 24 heavy (non-hydrogen) atoms. The number of benzene rings is 2. The maximum absolute atomic E-state index is 12.1. The molecule has 2 heterocycles. The van der Waals surface area contributed by atoms with Crippen molar-refractivity contribution in [3.05, 3.63) is 64.1 Å². The van der Waals surface area contributed by atoms with Crippen LogP contribution in [0.25, 0.3) is 0 Å². The quantitative estimate of drug-likeness (QED) is 0.780. The Balaban J connectivity index is 1.58. The highest BCUT2D eigenvalue weighted by Gasteiger charge is 2.27. The molecule has 2 aromatic carbocycles. The minimum Gasteiger partial charge on any atom is -0.320 e. The Hall–Kier alpha value is -2.67. The molecule has 7 heteroatoms. The van der Waals surface area contributed by atoms with E-state index in [0.717, 1.165) is 21.3 Å². The normalized spacial score (nSPS) is 22.2. The van der Waals surface area contributed by atoms with E-state index in [1.807, 2.05) is 48.5 Å². The molecule has 0 radical (unpaired) electrons. The van der Waals surface area contributed by atoms with Crippen molar-refractivity contribution in [1.29, 1.82) is 0 Å². The number of carbonyl (C=O) groups is 1. The average molecular weight is 382 g/mol. The molecule has 2 aromatic rings. The van der Waals surface area contributed by atoms with E-state index in [0.29, 0.717) is 12.3 Å². The Kier molecular flexibility index (Phi) is 3.78. The van der Waals surface area contributed by atoms with E-state index in [9.17, 15) is 4.79 Å². The topological polar surface area (TPSA) is 78.5 Å². The van der Waals surface area contributed by atoms with Gasteiger partial charge >= 0.3 is 0 Å². The summed E-state index contributed by atoms with van der Waals surface area (Å²) in [5.41, 5.74) is 2.84. The van der Waals surface area contributed by atoms with Gasteiger partial charge in [-0.2, -0.15) is 5.11 Å². The summed E-state index contributed by atoms with van der Waals surface area (Å²) in [6.45, 7) is 0. The molecule has 0 bridgehead atoms. The highest BCUT2D eigenvalue weighted by molar-refractivity contribution is 9.10. The summed E-state index contributed by atoms with van der Waals surface area (Å²) >= 11 is 3.40. The summed E-state index contributed by atoms with van der Waals surface area (Å²) in [5, 5.41) is 19.3. The Morgan fingerprint density at radius 1 is 1.12 bits per heavy atom. The van der Waals surface area contributed by atoms with Crippen molar-refractivity contribution in [1.82, 2.24) is 0 Å². The number of fused-ring (bicyclic) bond motifs is 1. The van der Waals surface area contributed by atoms with E-state index in [1.165, 1.54) is 0 Å². The first-order chi connectivity index (χ1) is 11.7. The number of hydrogen-bond acceptors (Lipinski definition) is 4. The second-order valence-electron chi connectivity index (χ2n) is 5.45. The molecule has 0 fully saturated rings. The van der Waals surface area contributed by atoms with Crippen LogP contribution in [0.15, 0.2) is 73.4 Å². The summed E-state index contributed by atoms with van der Waals surface area (Å²) in [6.07, 6.45) is 0.577. The van der Waals surface area contributed by atoms with Crippen molar-refractivity contribution in [2.24, 2.45) is 20.4 Å². The maximum atomic E-state index is 12.1. The number of nitrogens with zero attached hydrogens (tertiary/aromatic N) is 4. The summed E-state index contributed by atoms with van der Waals surface area (Å²) in [6, 6.07) is 15.4. The number of carbonyl (C=O) groups excluding carboxylic acids is 1. The number of azo groups is 1. The predicted octanol–water partition coefficient (Wildman–Crippen LogP) is 4.10. The van der Waals surface area contributed by atoms with Gasteiger partial charge in [0.15, 0.2) is 11.5 Å². The van der Waals surface area contributed by atoms with E-state index in [1.54, 1.807) is 0 Å². The van der Waals surface area contributed by atoms with Crippen LogP contribution >= 0.6 is 15.9 Å². The third kappa shape index (κ3) is 2.78. The van der Waals surface area contributed by atoms with Gasteiger partial charge in [0.25, 0.3) is 5.91 Å². The minimum absolute atomic E-state index is 0.0380. The fourth-order valence-corrected chi connectivity index (χ4v) is 3.00. The summed E-state index contributed by atoms with van der Waals surface area (Å²) < 4.78 is 0.878. The van der Waals surface area contributed by atoms with Crippen molar-refractivity contribution in [3.8, 4) is 0 Å². The molecule has 118 valence electrons. The maximum Gasteiger partial charge on any atom is 0.276 e. The van der Waals surface area contributed by atoms with Gasteiger partial charge in [-0.3, -0.25) is 4.79 Å². The van der Waals surface area contributed by atoms with Gasteiger partial charge < -0.3 is 5.32 Å². The smallest absolute Gasteiger partial charge is 0.276 e. The van der Waals surface area contributed by atoms with Crippen molar-refractivity contribution in [3.63, 3.8) is 0 Å². The lowest BCUT2D eigenvalue weighted by Gasteiger charge is -2.03. The van der Waals surface area contributed by atoms with Crippen LogP contribution in [0.4, 0.5) is 5.69 Å². The van der Waals surface area contributed by atoms with Crippen LogP contribution in [-0.4, -0.2) is 17.5 Å². The molecule has 6 nitrogen and oxygen atoms in total. The van der Waals surface area contributed by atoms with E-state index in [4.69, 9.17) is 0 Å². The molecular formula is C17H12BrN5O. The third-order valence-corrected chi connectivity index (χ3v) is 4.33.